The van der Waals surface area contributed by atoms with Gasteiger partial charge in [0.05, 0.1) is 0 Å². The first-order valence-corrected chi connectivity index (χ1v) is 7.51. The standard InChI is InChI=1S/C10H13N3O4Se/c1-6(14)16-4-9-17-8(5-18-9)13-3-2-7(11)12-10(13)15/h2-3,8-9H,4-5H2,1H3,(H2,11,12,15)/t8-,9+/m1/s1. The number of rotatable bonds is 3. The van der Waals surface area contributed by atoms with E-state index in [-0.39, 0.29) is 44.6 Å². The van der Waals surface area contributed by atoms with Gasteiger partial charge in [-0.15, -0.1) is 0 Å². The molecular weight excluding hydrogens is 305 g/mol. The molecule has 1 fully saturated rings. The van der Waals surface area contributed by atoms with Crippen molar-refractivity contribution in [1.29, 1.82) is 0 Å². The van der Waals surface area contributed by atoms with Crippen LogP contribution in [-0.4, -0.2) is 42.1 Å². The van der Waals surface area contributed by atoms with Crippen molar-refractivity contribution in [2.75, 3.05) is 12.3 Å². The van der Waals surface area contributed by atoms with E-state index in [0.29, 0.717) is 0 Å². The van der Waals surface area contributed by atoms with Crippen molar-refractivity contribution in [3.8, 4) is 0 Å². The summed E-state index contributed by atoms with van der Waals surface area (Å²) in [5.41, 5.74) is 4.99. The molecule has 1 aliphatic rings. The quantitative estimate of drug-likeness (QED) is 0.588. The molecule has 98 valence electrons. The van der Waals surface area contributed by atoms with Crippen molar-refractivity contribution in [1.82, 2.24) is 9.55 Å². The number of hydrogen-bond acceptors (Lipinski definition) is 6. The molecule has 0 saturated carbocycles. The van der Waals surface area contributed by atoms with Crippen LogP contribution in [0.1, 0.15) is 13.2 Å². The van der Waals surface area contributed by atoms with Crippen molar-refractivity contribution in [2.24, 2.45) is 0 Å². The number of carbonyl (C=O) groups is 1. The molecule has 0 amide bonds. The molecular formula is C10H13N3O4Se. The fourth-order valence-corrected chi connectivity index (χ4v) is 3.58. The van der Waals surface area contributed by atoms with Gasteiger partial charge < -0.3 is 0 Å². The Kier molecular flexibility index (Phi) is 4.00. The van der Waals surface area contributed by atoms with Crippen molar-refractivity contribution in [2.45, 2.75) is 23.5 Å². The molecule has 8 heteroatoms. The zero-order chi connectivity index (χ0) is 13.1. The van der Waals surface area contributed by atoms with E-state index < -0.39 is 5.69 Å². The second-order valence-electron chi connectivity index (χ2n) is 3.70. The number of esters is 1. The first kappa shape index (κ1) is 13.1. The molecule has 0 aromatic carbocycles. The normalized spacial score (nSPS) is 22.9. The number of aromatic nitrogens is 2. The zero-order valence-corrected chi connectivity index (χ0v) is 11.4. The molecule has 18 heavy (non-hydrogen) atoms. The maximum absolute atomic E-state index is 11.6. The van der Waals surface area contributed by atoms with Crippen molar-refractivity contribution < 1.29 is 14.3 Å². The van der Waals surface area contributed by atoms with Gasteiger partial charge in [0.1, 0.15) is 0 Å². The number of ether oxygens (including phenoxy) is 2. The van der Waals surface area contributed by atoms with Crippen LogP contribution in [0.25, 0.3) is 0 Å². The molecule has 2 rings (SSSR count). The fraction of sp³-hybridized carbons (Fsp3) is 0.500. The minimum absolute atomic E-state index is 0.115. The minimum atomic E-state index is -0.427. The molecule has 2 heterocycles. The summed E-state index contributed by atoms with van der Waals surface area (Å²) in [6, 6.07) is 1.55. The summed E-state index contributed by atoms with van der Waals surface area (Å²) >= 11 is 0.168. The number of nitrogen functional groups attached to an aromatic ring is 1. The van der Waals surface area contributed by atoms with E-state index in [1.54, 1.807) is 12.3 Å². The van der Waals surface area contributed by atoms with E-state index in [9.17, 15) is 9.59 Å². The SMILES string of the molecule is CC(=O)OC[C@H]1O[C@@H](n2ccc(N)nc2=O)C[Se]1. The van der Waals surface area contributed by atoms with Gasteiger partial charge in [-0.1, -0.05) is 0 Å². The molecule has 2 N–H and O–H groups in total. The zero-order valence-electron chi connectivity index (χ0n) is 9.74. The molecule has 1 aliphatic heterocycles. The van der Waals surface area contributed by atoms with Crippen LogP contribution in [0.15, 0.2) is 17.1 Å². The Morgan fingerprint density at radius 2 is 2.56 bits per heavy atom. The van der Waals surface area contributed by atoms with E-state index in [2.05, 4.69) is 4.98 Å². The number of anilines is 1. The Hall–Kier alpha value is -1.37. The Balaban J connectivity index is 2.00. The second-order valence-corrected chi connectivity index (χ2v) is 6.20. The maximum atomic E-state index is 11.6. The molecule has 7 nitrogen and oxygen atoms in total. The van der Waals surface area contributed by atoms with E-state index in [1.807, 2.05) is 0 Å². The van der Waals surface area contributed by atoms with Crippen LogP contribution in [0, 0.1) is 0 Å². The average Bonchev–Trinajstić information content (AvgIpc) is 2.75. The van der Waals surface area contributed by atoms with Crippen molar-refractivity contribution >= 4 is 26.7 Å². The van der Waals surface area contributed by atoms with E-state index in [4.69, 9.17) is 15.2 Å². The summed E-state index contributed by atoms with van der Waals surface area (Å²) in [5, 5.41) is 0.626. The van der Waals surface area contributed by atoms with Crippen LogP contribution < -0.4 is 11.4 Å². The van der Waals surface area contributed by atoms with E-state index in [0.717, 1.165) is 5.32 Å². The second kappa shape index (κ2) is 5.51. The molecule has 0 aliphatic carbocycles. The van der Waals surface area contributed by atoms with Crippen molar-refractivity contribution in [3.05, 3.63) is 22.7 Å². The van der Waals surface area contributed by atoms with Gasteiger partial charge in [-0.05, 0) is 0 Å². The molecule has 1 aromatic heterocycles. The third-order valence-electron chi connectivity index (χ3n) is 2.32. The van der Waals surface area contributed by atoms with Crippen LogP contribution in [0.3, 0.4) is 0 Å². The predicted molar refractivity (Wildman–Crippen MR) is 64.0 cm³/mol. The van der Waals surface area contributed by atoms with Crippen LogP contribution in [0.5, 0.6) is 0 Å². The number of hydrogen-bond donors (Lipinski definition) is 1. The van der Waals surface area contributed by atoms with Crippen LogP contribution >= 0.6 is 0 Å². The summed E-state index contributed by atoms with van der Waals surface area (Å²) in [6.07, 6.45) is 1.23. The van der Waals surface area contributed by atoms with Gasteiger partial charge in [0.25, 0.3) is 0 Å². The third-order valence-corrected chi connectivity index (χ3v) is 4.62. The molecule has 0 unspecified atom stereocenters. The van der Waals surface area contributed by atoms with Gasteiger partial charge in [-0.3, -0.25) is 0 Å². The van der Waals surface area contributed by atoms with Crippen LogP contribution in [-0.2, 0) is 14.3 Å². The van der Waals surface area contributed by atoms with Crippen molar-refractivity contribution in [3.63, 3.8) is 0 Å². The molecule has 2 atom stereocenters. The topological polar surface area (TPSA) is 96.4 Å². The summed E-state index contributed by atoms with van der Waals surface area (Å²) in [7, 11) is 0. The molecule has 1 aromatic rings. The Morgan fingerprint density at radius 1 is 1.78 bits per heavy atom. The Labute approximate surface area is 109 Å². The number of nitrogens with two attached hydrogens (primary N) is 1. The summed E-state index contributed by atoms with van der Waals surface area (Å²) in [4.78, 5) is 26.0. The van der Waals surface area contributed by atoms with E-state index >= 15 is 0 Å². The predicted octanol–water partition coefficient (Wildman–Crippen LogP) is -0.634. The summed E-state index contributed by atoms with van der Waals surface area (Å²) in [5.74, 6) is -0.139. The molecule has 0 bridgehead atoms. The number of nitrogens with zero attached hydrogens (tertiary/aromatic N) is 2. The van der Waals surface area contributed by atoms with Gasteiger partial charge in [0, 0.05) is 0 Å². The Morgan fingerprint density at radius 3 is 3.22 bits per heavy atom. The summed E-state index contributed by atoms with van der Waals surface area (Å²) in [6.45, 7) is 1.59. The van der Waals surface area contributed by atoms with Crippen LogP contribution in [0.2, 0.25) is 5.32 Å². The monoisotopic (exact) mass is 319 g/mol. The first-order chi connectivity index (χ1) is 8.56. The molecule has 0 spiro atoms. The third kappa shape index (κ3) is 3.10. The van der Waals surface area contributed by atoms with Gasteiger partial charge in [0.15, 0.2) is 0 Å². The Bertz CT molecular complexity index is 504. The van der Waals surface area contributed by atoms with E-state index in [1.165, 1.54) is 11.5 Å². The molecule has 0 radical (unpaired) electrons. The average molecular weight is 318 g/mol. The van der Waals surface area contributed by atoms with Gasteiger partial charge >= 0.3 is 109 Å². The first-order valence-electron chi connectivity index (χ1n) is 5.31. The van der Waals surface area contributed by atoms with Gasteiger partial charge in [-0.2, -0.15) is 0 Å². The van der Waals surface area contributed by atoms with Gasteiger partial charge in [0.2, 0.25) is 0 Å². The van der Waals surface area contributed by atoms with Crippen LogP contribution in [0.4, 0.5) is 5.82 Å². The summed E-state index contributed by atoms with van der Waals surface area (Å²) < 4.78 is 11.9. The fourth-order valence-electron chi connectivity index (χ4n) is 1.51. The van der Waals surface area contributed by atoms with Gasteiger partial charge in [-0.25, -0.2) is 0 Å². The number of carbonyl (C=O) groups excluding carboxylic acids is 1. The molecule has 1 saturated heterocycles.